The van der Waals surface area contributed by atoms with Crippen molar-refractivity contribution in [3.05, 3.63) is 0 Å². The minimum absolute atomic E-state index is 0.146. The van der Waals surface area contributed by atoms with Gasteiger partial charge in [-0.25, -0.2) is 4.79 Å². The van der Waals surface area contributed by atoms with Crippen LogP contribution in [0.3, 0.4) is 0 Å². The van der Waals surface area contributed by atoms with Gasteiger partial charge in [-0.2, -0.15) is 0 Å². The molecule has 3 rings (SSSR count). The van der Waals surface area contributed by atoms with Gasteiger partial charge in [-0.05, 0) is 31.1 Å². The number of hydrogen-bond donors (Lipinski definition) is 2. The lowest BCUT2D eigenvalue weighted by molar-refractivity contribution is -0.135. The summed E-state index contributed by atoms with van der Waals surface area (Å²) in [5.74, 6) is 0.569. The summed E-state index contributed by atoms with van der Waals surface area (Å²) in [5.41, 5.74) is -0.732. The third-order valence-electron chi connectivity index (χ3n) is 6.06. The van der Waals surface area contributed by atoms with Gasteiger partial charge in [0.25, 0.3) is 5.91 Å². The second-order valence-electron chi connectivity index (χ2n) is 7.55. The molecule has 1 heterocycles. The van der Waals surface area contributed by atoms with Crippen LogP contribution in [-0.2, 0) is 9.59 Å². The van der Waals surface area contributed by atoms with Crippen LogP contribution in [0.1, 0.15) is 58.8 Å². The zero-order valence-electron chi connectivity index (χ0n) is 14.1. The van der Waals surface area contributed by atoms with Gasteiger partial charge < -0.3 is 10.6 Å². The summed E-state index contributed by atoms with van der Waals surface area (Å²) < 4.78 is 0. The van der Waals surface area contributed by atoms with E-state index in [9.17, 15) is 14.4 Å². The molecule has 1 spiro atoms. The quantitative estimate of drug-likeness (QED) is 0.778. The summed E-state index contributed by atoms with van der Waals surface area (Å²) in [6.45, 7) is 4.21. The molecule has 2 saturated carbocycles. The van der Waals surface area contributed by atoms with Crippen molar-refractivity contribution in [1.29, 1.82) is 0 Å². The fourth-order valence-electron chi connectivity index (χ4n) is 4.32. The fraction of sp³-hybridized carbons (Fsp3) is 0.824. The molecule has 23 heavy (non-hydrogen) atoms. The summed E-state index contributed by atoms with van der Waals surface area (Å²) in [6, 6.07) is -0.274. The molecule has 6 nitrogen and oxygen atoms in total. The normalized spacial score (nSPS) is 33.1. The maximum Gasteiger partial charge on any atom is 0.325 e. The van der Waals surface area contributed by atoms with Crippen molar-refractivity contribution < 1.29 is 14.4 Å². The van der Waals surface area contributed by atoms with Crippen molar-refractivity contribution >= 4 is 17.8 Å². The van der Waals surface area contributed by atoms with Crippen molar-refractivity contribution in [3.8, 4) is 0 Å². The summed E-state index contributed by atoms with van der Waals surface area (Å²) in [4.78, 5) is 38.1. The molecule has 6 heteroatoms. The van der Waals surface area contributed by atoms with Crippen molar-refractivity contribution in [1.82, 2.24) is 15.5 Å². The molecule has 0 aromatic carbocycles. The Morgan fingerprint density at radius 3 is 2.61 bits per heavy atom. The number of nitrogens with zero attached hydrogens (tertiary/aromatic N) is 1. The molecular formula is C17H27N3O3. The van der Waals surface area contributed by atoms with Gasteiger partial charge in [0, 0.05) is 6.04 Å². The Kier molecular flexibility index (Phi) is 4.34. The summed E-state index contributed by atoms with van der Waals surface area (Å²) in [7, 11) is 0. The Morgan fingerprint density at radius 1 is 1.22 bits per heavy atom. The lowest BCUT2D eigenvalue weighted by Crippen LogP contribution is -2.49. The largest absolute Gasteiger partial charge is 0.352 e. The maximum atomic E-state index is 12.5. The molecule has 2 N–H and O–H groups in total. The van der Waals surface area contributed by atoms with Crippen molar-refractivity contribution in [2.45, 2.75) is 70.4 Å². The van der Waals surface area contributed by atoms with Crippen LogP contribution in [0.25, 0.3) is 0 Å². The molecule has 0 unspecified atom stereocenters. The van der Waals surface area contributed by atoms with Gasteiger partial charge in [0.05, 0.1) is 0 Å². The highest BCUT2D eigenvalue weighted by molar-refractivity contribution is 6.09. The maximum absolute atomic E-state index is 12.5. The Hall–Kier alpha value is -1.59. The van der Waals surface area contributed by atoms with Gasteiger partial charge in [0.1, 0.15) is 12.1 Å². The predicted octanol–water partition coefficient (Wildman–Crippen LogP) is 1.79. The Morgan fingerprint density at radius 2 is 1.91 bits per heavy atom. The molecule has 0 aromatic heterocycles. The zero-order valence-corrected chi connectivity index (χ0v) is 14.1. The van der Waals surface area contributed by atoms with E-state index in [-0.39, 0.29) is 24.4 Å². The third-order valence-corrected chi connectivity index (χ3v) is 6.06. The molecule has 0 bridgehead atoms. The van der Waals surface area contributed by atoms with Crippen LogP contribution >= 0.6 is 0 Å². The lowest BCUT2D eigenvalue weighted by atomic mass is 9.78. The van der Waals surface area contributed by atoms with Gasteiger partial charge in [0.15, 0.2) is 0 Å². The van der Waals surface area contributed by atoms with Crippen LogP contribution < -0.4 is 10.6 Å². The summed E-state index contributed by atoms with van der Waals surface area (Å²) in [6.07, 6.45) is 6.56. The molecule has 1 aliphatic heterocycles. The molecule has 128 valence electrons. The van der Waals surface area contributed by atoms with Crippen LogP contribution in [0.2, 0.25) is 0 Å². The van der Waals surface area contributed by atoms with Crippen molar-refractivity contribution in [3.63, 3.8) is 0 Å². The molecule has 0 radical (unpaired) electrons. The van der Waals surface area contributed by atoms with E-state index in [4.69, 9.17) is 0 Å². The standard InChI is InChI=1S/C17H27N3O3/c1-11-6-5-7-13(12(11)2)18-14(21)10-20-15(22)17(19-16(20)23)8-3-4-9-17/h11-13H,3-10H2,1-2H3,(H,18,21)(H,19,23)/t11-,12+,13+/m1/s1. The minimum atomic E-state index is -0.732. The average molecular weight is 321 g/mol. The number of imide groups is 1. The van der Waals surface area contributed by atoms with Crippen molar-refractivity contribution in [2.24, 2.45) is 11.8 Å². The number of carbonyl (C=O) groups excluding carboxylic acids is 3. The van der Waals surface area contributed by atoms with Gasteiger partial charge >= 0.3 is 6.03 Å². The van der Waals surface area contributed by atoms with Gasteiger partial charge in [-0.15, -0.1) is 0 Å². The number of hydrogen-bond acceptors (Lipinski definition) is 3. The first-order valence-corrected chi connectivity index (χ1v) is 8.86. The molecular weight excluding hydrogens is 294 g/mol. The van der Waals surface area contributed by atoms with E-state index in [1.165, 1.54) is 6.42 Å². The van der Waals surface area contributed by atoms with E-state index in [0.29, 0.717) is 24.7 Å². The number of rotatable bonds is 3. The Balaban J connectivity index is 1.59. The average Bonchev–Trinajstić information content (AvgIpc) is 3.06. The van der Waals surface area contributed by atoms with Crippen LogP contribution in [-0.4, -0.2) is 40.9 Å². The van der Waals surface area contributed by atoms with Gasteiger partial charge in [0.2, 0.25) is 5.91 Å². The van der Waals surface area contributed by atoms with Crippen LogP contribution in [0.4, 0.5) is 4.79 Å². The van der Waals surface area contributed by atoms with E-state index < -0.39 is 11.6 Å². The summed E-state index contributed by atoms with van der Waals surface area (Å²) >= 11 is 0. The van der Waals surface area contributed by atoms with Crippen LogP contribution in [0.5, 0.6) is 0 Å². The van der Waals surface area contributed by atoms with Gasteiger partial charge in [-0.1, -0.05) is 39.5 Å². The SMILES string of the molecule is C[C@H]1[C@H](C)CCC[C@@H]1NC(=O)CN1C(=O)NC2(CCCC2)C1=O. The first kappa shape index (κ1) is 16.3. The summed E-state index contributed by atoms with van der Waals surface area (Å²) in [5, 5.41) is 5.84. The molecule has 2 aliphatic carbocycles. The van der Waals surface area contributed by atoms with E-state index in [1.54, 1.807) is 0 Å². The highest BCUT2D eigenvalue weighted by atomic mass is 16.2. The van der Waals surface area contributed by atoms with E-state index in [2.05, 4.69) is 24.5 Å². The number of nitrogens with one attached hydrogen (secondary N) is 2. The Bertz CT molecular complexity index is 513. The molecule has 3 fully saturated rings. The van der Waals surface area contributed by atoms with Crippen LogP contribution in [0, 0.1) is 11.8 Å². The highest BCUT2D eigenvalue weighted by Gasteiger charge is 2.52. The Labute approximate surface area is 137 Å². The van der Waals surface area contributed by atoms with Gasteiger partial charge in [-0.3, -0.25) is 14.5 Å². The monoisotopic (exact) mass is 321 g/mol. The lowest BCUT2D eigenvalue weighted by Gasteiger charge is -2.34. The smallest absolute Gasteiger partial charge is 0.325 e. The highest BCUT2D eigenvalue weighted by Crippen LogP contribution is 2.35. The van der Waals surface area contributed by atoms with Crippen molar-refractivity contribution in [2.75, 3.05) is 6.54 Å². The molecule has 4 amide bonds. The number of amides is 4. The number of carbonyl (C=O) groups is 3. The number of urea groups is 1. The topological polar surface area (TPSA) is 78.5 Å². The van der Waals surface area contributed by atoms with Crippen LogP contribution in [0.15, 0.2) is 0 Å². The predicted molar refractivity (Wildman–Crippen MR) is 85.6 cm³/mol. The molecule has 1 saturated heterocycles. The van der Waals surface area contributed by atoms with E-state index >= 15 is 0 Å². The first-order chi connectivity index (χ1) is 10.9. The third kappa shape index (κ3) is 2.95. The van der Waals surface area contributed by atoms with E-state index in [0.717, 1.165) is 30.6 Å². The van der Waals surface area contributed by atoms with E-state index in [1.807, 2.05) is 0 Å². The first-order valence-electron chi connectivity index (χ1n) is 8.86. The second-order valence-corrected chi connectivity index (χ2v) is 7.55. The zero-order chi connectivity index (χ0) is 16.6. The molecule has 3 aliphatic rings. The minimum Gasteiger partial charge on any atom is -0.352 e. The second kappa shape index (κ2) is 6.13. The fourth-order valence-corrected chi connectivity index (χ4v) is 4.32. The molecule has 3 atom stereocenters. The molecule has 0 aromatic rings.